The van der Waals surface area contributed by atoms with Gasteiger partial charge < -0.3 is 9.84 Å². The standard InChI is InChI=1S/C10H7B2BrN2O3/c1-18-9(16)5-2-3-7(13)6-4-15(10(11,12)17)14-8(5)6/h2-4,17H,1H3. The maximum atomic E-state index is 11.6. The largest absolute Gasteiger partial charge is 0.465 e. The summed E-state index contributed by atoms with van der Waals surface area (Å²) in [4.78, 5) is 11.6. The number of carbonyl (C=O) groups excluding carboxylic acids is 1. The van der Waals surface area contributed by atoms with Gasteiger partial charge in [-0.2, -0.15) is 5.10 Å². The van der Waals surface area contributed by atoms with E-state index in [4.69, 9.17) is 15.7 Å². The number of fused-ring (bicyclic) bond motifs is 1. The Morgan fingerprint density at radius 3 is 2.78 bits per heavy atom. The number of benzene rings is 1. The van der Waals surface area contributed by atoms with Crippen molar-refractivity contribution in [3.8, 4) is 0 Å². The van der Waals surface area contributed by atoms with E-state index in [2.05, 4.69) is 25.8 Å². The number of esters is 1. The lowest BCUT2D eigenvalue weighted by molar-refractivity contribution is 0.0602. The molecule has 0 saturated heterocycles. The van der Waals surface area contributed by atoms with Crippen molar-refractivity contribution >= 4 is 48.5 Å². The highest BCUT2D eigenvalue weighted by atomic mass is 79.9. The van der Waals surface area contributed by atoms with Gasteiger partial charge in [-0.15, -0.1) is 0 Å². The van der Waals surface area contributed by atoms with E-state index in [9.17, 15) is 9.90 Å². The van der Waals surface area contributed by atoms with Crippen molar-refractivity contribution in [3.63, 3.8) is 0 Å². The zero-order valence-electron chi connectivity index (χ0n) is 9.42. The smallest absolute Gasteiger partial charge is 0.340 e. The molecule has 0 fully saturated rings. The number of hydrogen-bond donors (Lipinski definition) is 1. The molecule has 0 unspecified atom stereocenters. The van der Waals surface area contributed by atoms with Crippen LogP contribution >= 0.6 is 15.9 Å². The minimum atomic E-state index is -2.13. The van der Waals surface area contributed by atoms with E-state index < -0.39 is 11.5 Å². The first-order valence-electron chi connectivity index (χ1n) is 4.91. The van der Waals surface area contributed by atoms with Gasteiger partial charge in [-0.05, 0) is 12.1 Å². The number of methoxy groups -OCH3 is 1. The molecular weight excluding hydrogens is 298 g/mol. The SMILES string of the molecule is [B]C([B])(O)n1cc2c(Br)ccc(C(=O)OC)c2n1. The summed E-state index contributed by atoms with van der Waals surface area (Å²) < 4.78 is 6.31. The molecule has 2 rings (SSSR count). The van der Waals surface area contributed by atoms with Gasteiger partial charge in [0.05, 0.1) is 18.2 Å². The second-order valence-electron chi connectivity index (χ2n) is 3.71. The summed E-state index contributed by atoms with van der Waals surface area (Å²) in [7, 11) is 11.9. The Balaban J connectivity index is 2.73. The number of halogens is 1. The second-order valence-corrected chi connectivity index (χ2v) is 4.56. The van der Waals surface area contributed by atoms with E-state index in [1.165, 1.54) is 13.3 Å². The number of hydrogen-bond acceptors (Lipinski definition) is 4. The summed E-state index contributed by atoms with van der Waals surface area (Å²) in [6.07, 6.45) is 1.44. The van der Waals surface area contributed by atoms with E-state index in [1.807, 2.05) is 0 Å². The van der Waals surface area contributed by atoms with Crippen LogP contribution in [0.2, 0.25) is 0 Å². The summed E-state index contributed by atoms with van der Waals surface area (Å²) in [6, 6.07) is 3.23. The van der Waals surface area contributed by atoms with E-state index in [0.717, 1.165) is 4.68 Å². The molecule has 4 radical (unpaired) electrons. The molecule has 18 heavy (non-hydrogen) atoms. The van der Waals surface area contributed by atoms with Crippen molar-refractivity contribution < 1.29 is 14.6 Å². The fraction of sp³-hybridized carbons (Fsp3) is 0.200. The molecule has 1 heterocycles. The van der Waals surface area contributed by atoms with Gasteiger partial charge in [0.25, 0.3) is 0 Å². The average molecular weight is 305 g/mol. The highest BCUT2D eigenvalue weighted by Crippen LogP contribution is 2.27. The highest BCUT2D eigenvalue weighted by molar-refractivity contribution is 9.10. The molecule has 1 aromatic carbocycles. The van der Waals surface area contributed by atoms with Gasteiger partial charge in [0.1, 0.15) is 21.2 Å². The highest BCUT2D eigenvalue weighted by Gasteiger charge is 2.20. The number of carbonyl (C=O) groups is 1. The van der Waals surface area contributed by atoms with Crippen LogP contribution in [-0.2, 0) is 10.3 Å². The van der Waals surface area contributed by atoms with Gasteiger partial charge in [-0.1, -0.05) is 15.9 Å². The lowest BCUT2D eigenvalue weighted by Crippen LogP contribution is -2.34. The van der Waals surface area contributed by atoms with E-state index in [0.29, 0.717) is 15.4 Å². The molecule has 0 atom stereocenters. The fourth-order valence-electron chi connectivity index (χ4n) is 1.53. The predicted octanol–water partition coefficient (Wildman–Crippen LogP) is 0.482. The van der Waals surface area contributed by atoms with Crippen molar-refractivity contribution in [2.75, 3.05) is 7.11 Å². The summed E-state index contributed by atoms with van der Waals surface area (Å²) >= 11 is 3.31. The monoisotopic (exact) mass is 304 g/mol. The van der Waals surface area contributed by atoms with Crippen molar-refractivity contribution in [2.45, 2.75) is 5.52 Å². The van der Waals surface area contributed by atoms with E-state index in [1.54, 1.807) is 12.1 Å². The lowest BCUT2D eigenvalue weighted by Gasteiger charge is -2.18. The van der Waals surface area contributed by atoms with Gasteiger partial charge in [0, 0.05) is 16.1 Å². The first-order valence-corrected chi connectivity index (χ1v) is 5.70. The predicted molar refractivity (Wildman–Crippen MR) is 70.5 cm³/mol. The number of rotatable bonds is 2. The van der Waals surface area contributed by atoms with Crippen molar-refractivity contribution in [2.24, 2.45) is 0 Å². The molecule has 0 amide bonds. The van der Waals surface area contributed by atoms with Gasteiger partial charge >= 0.3 is 5.97 Å². The van der Waals surface area contributed by atoms with Crippen LogP contribution in [0.3, 0.4) is 0 Å². The Hall–Kier alpha value is -1.27. The summed E-state index contributed by atoms with van der Waals surface area (Å²) in [5.74, 6) is -0.532. The Kier molecular flexibility index (Phi) is 3.25. The number of ether oxygens (including phenoxy) is 1. The third kappa shape index (κ3) is 2.18. The summed E-state index contributed by atoms with van der Waals surface area (Å²) in [6.45, 7) is 0. The van der Waals surface area contributed by atoms with Crippen LogP contribution in [0.5, 0.6) is 0 Å². The van der Waals surface area contributed by atoms with E-state index in [-0.39, 0.29) is 5.56 Å². The molecule has 8 heteroatoms. The van der Waals surface area contributed by atoms with Crippen molar-refractivity contribution in [3.05, 3.63) is 28.4 Å². The first kappa shape index (κ1) is 13.2. The molecule has 1 aromatic heterocycles. The molecule has 0 bridgehead atoms. The fourth-order valence-corrected chi connectivity index (χ4v) is 1.95. The van der Waals surface area contributed by atoms with E-state index >= 15 is 0 Å². The lowest BCUT2D eigenvalue weighted by atomic mass is 9.73. The van der Waals surface area contributed by atoms with Crippen molar-refractivity contribution in [1.82, 2.24) is 9.78 Å². The Bertz CT molecular complexity index is 621. The van der Waals surface area contributed by atoms with Crippen LogP contribution in [0.15, 0.2) is 22.8 Å². The molecule has 2 aromatic rings. The molecule has 0 aliphatic carbocycles. The number of nitrogens with zero attached hydrogens (tertiary/aromatic N) is 2. The molecule has 0 aliphatic rings. The van der Waals surface area contributed by atoms with Crippen molar-refractivity contribution in [1.29, 1.82) is 0 Å². The molecule has 0 aliphatic heterocycles. The topological polar surface area (TPSA) is 64.4 Å². The normalized spacial score (nSPS) is 11.7. The van der Waals surface area contributed by atoms with Crippen LogP contribution in [-0.4, -0.2) is 43.7 Å². The maximum absolute atomic E-state index is 11.6. The van der Waals surface area contributed by atoms with Crippen LogP contribution in [0.4, 0.5) is 0 Å². The molecule has 1 N–H and O–H groups in total. The quantitative estimate of drug-likeness (QED) is 0.647. The zero-order chi connectivity index (χ0) is 13.5. The van der Waals surface area contributed by atoms with Gasteiger partial charge in [0.2, 0.25) is 0 Å². The molecule has 5 nitrogen and oxygen atoms in total. The molecule has 0 spiro atoms. The van der Waals surface area contributed by atoms with Gasteiger partial charge in [0.15, 0.2) is 0 Å². The minimum Gasteiger partial charge on any atom is -0.465 e. The molecule has 88 valence electrons. The molecule has 0 saturated carbocycles. The first-order chi connectivity index (χ1) is 8.34. The third-order valence-electron chi connectivity index (χ3n) is 2.40. The number of aliphatic hydroxyl groups is 1. The van der Waals surface area contributed by atoms with Gasteiger partial charge in [-0.25, -0.2) is 4.79 Å². The van der Waals surface area contributed by atoms with Crippen LogP contribution < -0.4 is 0 Å². The Morgan fingerprint density at radius 1 is 1.56 bits per heavy atom. The maximum Gasteiger partial charge on any atom is 0.340 e. The van der Waals surface area contributed by atoms with Crippen LogP contribution in [0.25, 0.3) is 10.9 Å². The zero-order valence-corrected chi connectivity index (χ0v) is 11.0. The number of aromatic nitrogens is 2. The Labute approximate surface area is 114 Å². The third-order valence-corrected chi connectivity index (χ3v) is 3.09. The van der Waals surface area contributed by atoms with Crippen LogP contribution in [0.1, 0.15) is 10.4 Å². The average Bonchev–Trinajstić information content (AvgIpc) is 2.74. The van der Waals surface area contributed by atoms with Crippen LogP contribution in [0, 0.1) is 0 Å². The molecular formula is C10H7B2BrN2O3. The minimum absolute atomic E-state index is 0.263. The summed E-state index contributed by atoms with van der Waals surface area (Å²) in [5.41, 5.74) is -1.53. The summed E-state index contributed by atoms with van der Waals surface area (Å²) in [5, 5.41) is 14.1. The Morgan fingerprint density at radius 2 is 2.22 bits per heavy atom. The second kappa shape index (κ2) is 4.44. The van der Waals surface area contributed by atoms with Gasteiger partial charge in [-0.3, -0.25) is 4.68 Å².